The smallest absolute Gasteiger partial charge is 0.0547 e. The molecule has 0 bridgehead atoms. The van der Waals surface area contributed by atoms with E-state index in [-0.39, 0.29) is 5.54 Å². The Morgan fingerprint density at radius 3 is 2.60 bits per heavy atom. The predicted molar refractivity (Wildman–Crippen MR) is 83.6 cm³/mol. The number of hydrogen-bond donors (Lipinski definition) is 1. The van der Waals surface area contributed by atoms with Gasteiger partial charge in [-0.15, -0.1) is 0 Å². The van der Waals surface area contributed by atoms with Gasteiger partial charge in [0.15, 0.2) is 0 Å². The molecular formula is C16H28N4. The minimum Gasteiger partial charge on any atom is -0.329 e. The van der Waals surface area contributed by atoms with Gasteiger partial charge in [-0.3, -0.25) is 9.88 Å². The van der Waals surface area contributed by atoms with Gasteiger partial charge in [-0.1, -0.05) is 13.0 Å². The van der Waals surface area contributed by atoms with Crippen LogP contribution in [0.3, 0.4) is 0 Å². The van der Waals surface area contributed by atoms with Gasteiger partial charge in [0.1, 0.15) is 0 Å². The Kier molecular flexibility index (Phi) is 5.13. The molecule has 0 aliphatic carbocycles. The second kappa shape index (κ2) is 6.66. The fourth-order valence-electron chi connectivity index (χ4n) is 3.13. The molecule has 1 aromatic heterocycles. The van der Waals surface area contributed by atoms with E-state index < -0.39 is 0 Å². The SMILES string of the molecule is CCN1CCC(CN)(N(C)Cc2cccc(C)n2)CC1. The van der Waals surface area contributed by atoms with Crippen molar-refractivity contribution in [2.45, 2.75) is 38.8 Å². The van der Waals surface area contributed by atoms with Crippen molar-refractivity contribution in [2.75, 3.05) is 33.2 Å². The summed E-state index contributed by atoms with van der Waals surface area (Å²) in [4.78, 5) is 9.54. The number of hydrogen-bond acceptors (Lipinski definition) is 4. The first-order valence-corrected chi connectivity index (χ1v) is 7.66. The summed E-state index contributed by atoms with van der Waals surface area (Å²) in [5.41, 5.74) is 8.48. The molecule has 0 saturated carbocycles. The highest BCUT2D eigenvalue weighted by atomic mass is 15.2. The third kappa shape index (κ3) is 3.37. The van der Waals surface area contributed by atoms with Crippen LogP contribution in [0.1, 0.15) is 31.2 Å². The Hall–Kier alpha value is -0.970. The molecule has 0 unspecified atom stereocenters. The van der Waals surface area contributed by atoms with Crippen LogP contribution in [-0.4, -0.2) is 53.5 Å². The lowest BCUT2D eigenvalue weighted by molar-refractivity contribution is 0.0410. The molecule has 2 rings (SSSR count). The number of pyridine rings is 1. The molecule has 20 heavy (non-hydrogen) atoms. The summed E-state index contributed by atoms with van der Waals surface area (Å²) in [7, 11) is 2.19. The maximum absolute atomic E-state index is 6.13. The van der Waals surface area contributed by atoms with Crippen LogP contribution in [0.2, 0.25) is 0 Å². The number of rotatable bonds is 5. The van der Waals surface area contributed by atoms with Crippen LogP contribution in [0, 0.1) is 6.92 Å². The third-order valence-corrected chi connectivity index (χ3v) is 4.77. The van der Waals surface area contributed by atoms with Gasteiger partial charge >= 0.3 is 0 Å². The summed E-state index contributed by atoms with van der Waals surface area (Å²) in [5.74, 6) is 0. The molecule has 1 aromatic rings. The van der Waals surface area contributed by atoms with Crippen LogP contribution in [0.4, 0.5) is 0 Å². The molecule has 1 aliphatic heterocycles. The van der Waals surface area contributed by atoms with Crippen LogP contribution in [0.15, 0.2) is 18.2 Å². The highest BCUT2D eigenvalue weighted by molar-refractivity contribution is 5.10. The predicted octanol–water partition coefficient (Wildman–Crippen LogP) is 1.64. The number of aromatic nitrogens is 1. The van der Waals surface area contributed by atoms with Gasteiger partial charge in [-0.05, 0) is 58.6 Å². The minimum atomic E-state index is 0.136. The van der Waals surface area contributed by atoms with Crippen LogP contribution in [0.5, 0.6) is 0 Å². The summed E-state index contributed by atoms with van der Waals surface area (Å²) in [5, 5.41) is 0. The molecule has 0 spiro atoms. The van der Waals surface area contributed by atoms with Gasteiger partial charge in [0.25, 0.3) is 0 Å². The number of likely N-dealkylation sites (tertiary alicyclic amines) is 1. The van der Waals surface area contributed by atoms with Crippen molar-refractivity contribution < 1.29 is 0 Å². The Morgan fingerprint density at radius 2 is 2.05 bits per heavy atom. The molecule has 112 valence electrons. The lowest BCUT2D eigenvalue weighted by Crippen LogP contribution is -2.57. The second-order valence-electron chi connectivity index (χ2n) is 5.99. The van der Waals surface area contributed by atoms with Gasteiger partial charge in [0, 0.05) is 24.3 Å². The quantitative estimate of drug-likeness (QED) is 0.888. The lowest BCUT2D eigenvalue weighted by Gasteiger charge is -2.46. The maximum Gasteiger partial charge on any atom is 0.0547 e. The minimum absolute atomic E-state index is 0.136. The van der Waals surface area contributed by atoms with Crippen LogP contribution in [0.25, 0.3) is 0 Å². The molecule has 1 saturated heterocycles. The van der Waals surface area contributed by atoms with E-state index in [0.29, 0.717) is 0 Å². The van der Waals surface area contributed by atoms with E-state index in [4.69, 9.17) is 5.73 Å². The molecule has 4 heteroatoms. The molecule has 4 nitrogen and oxygen atoms in total. The summed E-state index contributed by atoms with van der Waals surface area (Å²) in [6, 6.07) is 6.23. The van der Waals surface area contributed by atoms with E-state index in [2.05, 4.69) is 40.9 Å². The van der Waals surface area contributed by atoms with Crippen molar-refractivity contribution >= 4 is 0 Å². The molecule has 0 atom stereocenters. The van der Waals surface area contributed by atoms with Crippen LogP contribution < -0.4 is 5.73 Å². The number of nitrogens with zero attached hydrogens (tertiary/aromatic N) is 3. The zero-order valence-corrected chi connectivity index (χ0v) is 13.1. The average Bonchev–Trinajstić information content (AvgIpc) is 2.47. The van der Waals surface area contributed by atoms with Crippen molar-refractivity contribution in [1.29, 1.82) is 0 Å². The van der Waals surface area contributed by atoms with Gasteiger partial charge in [-0.2, -0.15) is 0 Å². The van der Waals surface area contributed by atoms with Crippen molar-refractivity contribution in [3.05, 3.63) is 29.6 Å². The van der Waals surface area contributed by atoms with Gasteiger partial charge in [0.05, 0.1) is 5.69 Å². The third-order valence-electron chi connectivity index (χ3n) is 4.77. The monoisotopic (exact) mass is 276 g/mol. The fourth-order valence-corrected chi connectivity index (χ4v) is 3.13. The topological polar surface area (TPSA) is 45.4 Å². The number of nitrogens with two attached hydrogens (primary N) is 1. The molecule has 1 fully saturated rings. The van der Waals surface area contributed by atoms with Crippen molar-refractivity contribution in [3.8, 4) is 0 Å². The molecule has 0 aromatic carbocycles. The highest BCUT2D eigenvalue weighted by Gasteiger charge is 2.36. The molecule has 2 N–H and O–H groups in total. The molecule has 0 amide bonds. The summed E-state index contributed by atoms with van der Waals surface area (Å²) < 4.78 is 0. The van der Waals surface area contributed by atoms with Gasteiger partial charge < -0.3 is 10.6 Å². The Labute approximate surface area is 123 Å². The van der Waals surface area contributed by atoms with E-state index in [1.807, 2.05) is 13.0 Å². The second-order valence-corrected chi connectivity index (χ2v) is 5.99. The molecular weight excluding hydrogens is 248 g/mol. The number of piperidine rings is 1. The normalized spacial score (nSPS) is 19.4. The Bertz CT molecular complexity index is 424. The van der Waals surface area contributed by atoms with Gasteiger partial charge in [-0.25, -0.2) is 0 Å². The summed E-state index contributed by atoms with van der Waals surface area (Å²) in [6.45, 7) is 9.33. The molecule has 0 radical (unpaired) electrons. The fraction of sp³-hybridized carbons (Fsp3) is 0.688. The molecule has 1 aliphatic rings. The van der Waals surface area contributed by atoms with Crippen LogP contribution in [-0.2, 0) is 6.54 Å². The van der Waals surface area contributed by atoms with E-state index >= 15 is 0 Å². The van der Waals surface area contributed by atoms with Crippen molar-refractivity contribution in [2.24, 2.45) is 5.73 Å². The van der Waals surface area contributed by atoms with Crippen molar-refractivity contribution in [3.63, 3.8) is 0 Å². The zero-order chi connectivity index (χ0) is 14.6. The Morgan fingerprint density at radius 1 is 1.35 bits per heavy atom. The van der Waals surface area contributed by atoms with E-state index in [0.717, 1.165) is 57.0 Å². The highest BCUT2D eigenvalue weighted by Crippen LogP contribution is 2.28. The lowest BCUT2D eigenvalue weighted by atomic mass is 9.85. The standard InChI is InChI=1S/C16H28N4/c1-4-20-10-8-16(13-17,9-11-20)19(3)12-15-7-5-6-14(2)18-15/h5-7H,4,8-13,17H2,1-3H3. The van der Waals surface area contributed by atoms with Crippen LogP contribution >= 0.6 is 0 Å². The van der Waals surface area contributed by atoms with Crippen molar-refractivity contribution in [1.82, 2.24) is 14.8 Å². The largest absolute Gasteiger partial charge is 0.329 e. The van der Waals surface area contributed by atoms with E-state index in [1.165, 1.54) is 0 Å². The average molecular weight is 276 g/mol. The number of aryl methyl sites for hydroxylation is 1. The zero-order valence-electron chi connectivity index (χ0n) is 13.1. The first-order chi connectivity index (χ1) is 9.59. The maximum atomic E-state index is 6.13. The van der Waals surface area contributed by atoms with Gasteiger partial charge in [0.2, 0.25) is 0 Å². The molecule has 2 heterocycles. The first-order valence-electron chi connectivity index (χ1n) is 7.66. The Balaban J connectivity index is 2.04. The summed E-state index contributed by atoms with van der Waals surface area (Å²) in [6.07, 6.45) is 2.30. The summed E-state index contributed by atoms with van der Waals surface area (Å²) >= 11 is 0. The first kappa shape index (κ1) is 15.4. The number of likely N-dealkylation sites (N-methyl/N-ethyl adjacent to an activating group) is 1. The van der Waals surface area contributed by atoms with E-state index in [9.17, 15) is 0 Å². The van der Waals surface area contributed by atoms with E-state index in [1.54, 1.807) is 0 Å².